The van der Waals surface area contributed by atoms with Crippen molar-refractivity contribution in [3.8, 4) is 0 Å². The Kier molecular flexibility index (Phi) is 5.21. The number of carboxylic acid groups (broad SMARTS) is 1. The highest BCUT2D eigenvalue weighted by Crippen LogP contribution is 2.23. The highest BCUT2D eigenvalue weighted by Gasteiger charge is 2.26. The van der Waals surface area contributed by atoms with Gasteiger partial charge in [-0.15, -0.1) is 0 Å². The molecular formula is C13H16F2O4S. The second-order valence-corrected chi connectivity index (χ2v) is 6.97. The molecular weight excluding hydrogens is 290 g/mol. The molecule has 0 amide bonds. The van der Waals surface area contributed by atoms with E-state index in [1.165, 1.54) is 0 Å². The minimum Gasteiger partial charge on any atom is -0.477 e. The lowest BCUT2D eigenvalue weighted by Crippen LogP contribution is -2.14. The minimum atomic E-state index is -3.96. The van der Waals surface area contributed by atoms with E-state index in [1.807, 2.05) is 13.8 Å². The van der Waals surface area contributed by atoms with Crippen LogP contribution in [-0.2, 0) is 9.84 Å². The Morgan fingerprint density at radius 3 is 2.40 bits per heavy atom. The summed E-state index contributed by atoms with van der Waals surface area (Å²) in [6.07, 6.45) is 0.979. The van der Waals surface area contributed by atoms with Gasteiger partial charge in [0.2, 0.25) is 0 Å². The molecule has 0 unspecified atom stereocenters. The summed E-state index contributed by atoms with van der Waals surface area (Å²) in [5.41, 5.74) is -1.24. The molecule has 1 N–H and O–H groups in total. The Hall–Kier alpha value is -1.50. The van der Waals surface area contributed by atoms with Crippen LogP contribution in [0.3, 0.4) is 0 Å². The van der Waals surface area contributed by atoms with Crippen molar-refractivity contribution in [1.29, 1.82) is 0 Å². The van der Waals surface area contributed by atoms with Crippen LogP contribution in [0.2, 0.25) is 0 Å². The SMILES string of the molecule is CC(C)CCCS(=O)(=O)c1ccc(F)c(C(=O)O)c1F. The quantitative estimate of drug-likeness (QED) is 0.820. The summed E-state index contributed by atoms with van der Waals surface area (Å²) in [4.78, 5) is 9.99. The van der Waals surface area contributed by atoms with Gasteiger partial charge in [0.05, 0.1) is 5.75 Å². The van der Waals surface area contributed by atoms with Gasteiger partial charge < -0.3 is 5.11 Å². The number of hydrogen-bond acceptors (Lipinski definition) is 3. The number of carboxylic acids is 1. The average molecular weight is 306 g/mol. The maximum atomic E-state index is 13.9. The second-order valence-electron chi connectivity index (χ2n) is 4.89. The molecule has 4 nitrogen and oxygen atoms in total. The summed E-state index contributed by atoms with van der Waals surface area (Å²) in [6, 6.07) is 1.42. The van der Waals surface area contributed by atoms with Gasteiger partial charge in [-0.3, -0.25) is 0 Å². The fourth-order valence-corrected chi connectivity index (χ4v) is 3.18. The van der Waals surface area contributed by atoms with Crippen molar-refractivity contribution in [2.45, 2.75) is 31.6 Å². The average Bonchev–Trinajstić information content (AvgIpc) is 2.26. The molecule has 0 aliphatic heterocycles. The number of halogens is 2. The van der Waals surface area contributed by atoms with Crippen molar-refractivity contribution in [3.05, 3.63) is 29.3 Å². The lowest BCUT2D eigenvalue weighted by atomic mass is 10.1. The largest absolute Gasteiger partial charge is 0.477 e. The zero-order valence-electron chi connectivity index (χ0n) is 11.2. The number of aromatic carboxylic acids is 1. The summed E-state index contributed by atoms with van der Waals surface area (Å²) < 4.78 is 51.0. The summed E-state index contributed by atoms with van der Waals surface area (Å²) in [5, 5.41) is 8.71. The molecule has 0 aromatic heterocycles. The van der Waals surface area contributed by atoms with E-state index in [2.05, 4.69) is 0 Å². The van der Waals surface area contributed by atoms with Crippen molar-refractivity contribution in [1.82, 2.24) is 0 Å². The Balaban J connectivity index is 3.13. The van der Waals surface area contributed by atoms with Gasteiger partial charge in [0, 0.05) is 0 Å². The molecule has 0 spiro atoms. The normalized spacial score (nSPS) is 11.8. The van der Waals surface area contributed by atoms with Crippen LogP contribution in [0.4, 0.5) is 8.78 Å². The standard InChI is InChI=1S/C13H16F2O4S/c1-8(2)4-3-7-20(18,19)10-6-5-9(14)11(12(10)15)13(16)17/h5-6,8H,3-4,7H2,1-2H3,(H,16,17). The molecule has 0 saturated heterocycles. The van der Waals surface area contributed by atoms with Crippen LogP contribution in [0.15, 0.2) is 17.0 Å². The molecule has 0 aliphatic carbocycles. The Labute approximate surface area is 116 Å². The molecule has 0 saturated carbocycles. The summed E-state index contributed by atoms with van der Waals surface area (Å²) in [5.74, 6) is -4.66. The van der Waals surface area contributed by atoms with Gasteiger partial charge in [-0.2, -0.15) is 0 Å². The maximum absolute atomic E-state index is 13.9. The fourth-order valence-electron chi connectivity index (χ4n) is 1.76. The number of benzene rings is 1. The van der Waals surface area contributed by atoms with Crippen LogP contribution in [0, 0.1) is 17.6 Å². The van der Waals surface area contributed by atoms with Crippen LogP contribution in [0.25, 0.3) is 0 Å². The third-order valence-electron chi connectivity index (χ3n) is 2.80. The molecule has 1 aromatic rings. The van der Waals surface area contributed by atoms with Gasteiger partial charge in [-0.1, -0.05) is 13.8 Å². The summed E-state index contributed by atoms with van der Waals surface area (Å²) >= 11 is 0. The van der Waals surface area contributed by atoms with Crippen LogP contribution in [0.5, 0.6) is 0 Å². The molecule has 112 valence electrons. The smallest absolute Gasteiger partial charge is 0.341 e. The number of carbonyl (C=O) groups is 1. The zero-order chi connectivity index (χ0) is 15.5. The maximum Gasteiger partial charge on any atom is 0.341 e. The first-order chi connectivity index (χ1) is 9.16. The van der Waals surface area contributed by atoms with Crippen molar-refractivity contribution in [3.63, 3.8) is 0 Å². The first kappa shape index (κ1) is 16.6. The van der Waals surface area contributed by atoms with Crippen LogP contribution >= 0.6 is 0 Å². The lowest BCUT2D eigenvalue weighted by molar-refractivity contribution is 0.0685. The summed E-state index contributed by atoms with van der Waals surface area (Å²) in [6.45, 7) is 3.85. The van der Waals surface area contributed by atoms with E-state index in [-0.39, 0.29) is 5.75 Å². The van der Waals surface area contributed by atoms with Gasteiger partial charge in [0.25, 0.3) is 0 Å². The molecule has 20 heavy (non-hydrogen) atoms. The topological polar surface area (TPSA) is 71.4 Å². The van der Waals surface area contributed by atoms with E-state index < -0.39 is 37.9 Å². The highest BCUT2D eigenvalue weighted by atomic mass is 32.2. The fraction of sp³-hybridized carbons (Fsp3) is 0.462. The molecule has 7 heteroatoms. The predicted molar refractivity (Wildman–Crippen MR) is 69.4 cm³/mol. The lowest BCUT2D eigenvalue weighted by Gasteiger charge is -2.09. The molecule has 1 rings (SSSR count). The molecule has 0 aliphatic rings. The molecule has 0 atom stereocenters. The number of sulfone groups is 1. The van der Waals surface area contributed by atoms with E-state index in [4.69, 9.17) is 5.11 Å². The van der Waals surface area contributed by atoms with Gasteiger partial charge >= 0.3 is 5.97 Å². The Morgan fingerprint density at radius 2 is 1.90 bits per heavy atom. The zero-order valence-corrected chi connectivity index (χ0v) is 12.0. The minimum absolute atomic E-state index is 0.299. The van der Waals surface area contributed by atoms with Crippen molar-refractivity contribution >= 4 is 15.8 Å². The van der Waals surface area contributed by atoms with E-state index >= 15 is 0 Å². The van der Waals surface area contributed by atoms with E-state index in [0.29, 0.717) is 24.8 Å². The van der Waals surface area contributed by atoms with E-state index in [1.54, 1.807) is 0 Å². The predicted octanol–water partition coefficient (Wildman–Crippen LogP) is 2.87. The van der Waals surface area contributed by atoms with E-state index in [9.17, 15) is 22.0 Å². The molecule has 0 heterocycles. The summed E-state index contributed by atoms with van der Waals surface area (Å²) in [7, 11) is -3.96. The van der Waals surface area contributed by atoms with Crippen LogP contribution in [0.1, 0.15) is 37.0 Å². The van der Waals surface area contributed by atoms with Gasteiger partial charge in [-0.05, 0) is 30.9 Å². The third-order valence-corrected chi connectivity index (χ3v) is 4.61. The first-order valence-electron chi connectivity index (χ1n) is 6.11. The molecule has 0 bridgehead atoms. The van der Waals surface area contributed by atoms with Crippen LogP contribution < -0.4 is 0 Å². The van der Waals surface area contributed by atoms with Crippen molar-refractivity contribution in [2.75, 3.05) is 5.75 Å². The Bertz CT molecular complexity index is 609. The Morgan fingerprint density at radius 1 is 1.30 bits per heavy atom. The second kappa shape index (κ2) is 6.30. The first-order valence-corrected chi connectivity index (χ1v) is 7.76. The highest BCUT2D eigenvalue weighted by molar-refractivity contribution is 7.91. The van der Waals surface area contributed by atoms with Crippen molar-refractivity contribution < 1.29 is 27.1 Å². The van der Waals surface area contributed by atoms with Crippen molar-refractivity contribution in [2.24, 2.45) is 5.92 Å². The third kappa shape index (κ3) is 3.75. The number of hydrogen-bond donors (Lipinski definition) is 1. The monoisotopic (exact) mass is 306 g/mol. The van der Waals surface area contributed by atoms with Gasteiger partial charge in [0.15, 0.2) is 15.7 Å². The molecule has 1 aromatic carbocycles. The number of rotatable bonds is 6. The van der Waals surface area contributed by atoms with E-state index in [0.717, 1.165) is 6.07 Å². The van der Waals surface area contributed by atoms with Crippen LogP contribution in [-0.4, -0.2) is 25.2 Å². The van der Waals surface area contributed by atoms with Gasteiger partial charge in [-0.25, -0.2) is 22.0 Å². The van der Waals surface area contributed by atoms with Gasteiger partial charge in [0.1, 0.15) is 16.3 Å². The molecule has 0 fully saturated rings. The molecule has 0 radical (unpaired) electrons.